The molecule has 0 bridgehead atoms. The zero-order valence-electron chi connectivity index (χ0n) is 7.24. The van der Waals surface area contributed by atoms with Crippen LogP contribution in [-0.4, -0.2) is 11.0 Å². The highest BCUT2D eigenvalue weighted by Crippen LogP contribution is 2.17. The van der Waals surface area contributed by atoms with Crippen LogP contribution in [0.2, 0.25) is 5.02 Å². The fraction of sp³-hybridized carbons (Fsp3) is 0.222. The van der Waals surface area contributed by atoms with E-state index in [-0.39, 0.29) is 11.8 Å². The van der Waals surface area contributed by atoms with Gasteiger partial charge in [-0.05, 0) is 17.7 Å². The predicted molar refractivity (Wildman–Crippen MR) is 53.3 cm³/mol. The van der Waals surface area contributed by atoms with Crippen LogP contribution in [0.3, 0.4) is 0 Å². The standard InChI is InChI=1S/C9H11ClN2O/c1-6(9(11)12-13)7-2-4-8(10)5-3-7/h2-6,13H,1H3,(H2,11,12). The van der Waals surface area contributed by atoms with Crippen molar-refractivity contribution < 1.29 is 5.21 Å². The van der Waals surface area contributed by atoms with Gasteiger partial charge in [-0.2, -0.15) is 0 Å². The molecule has 0 fully saturated rings. The molecule has 0 aliphatic heterocycles. The molecule has 0 aromatic heterocycles. The van der Waals surface area contributed by atoms with Crippen LogP contribution in [0.4, 0.5) is 0 Å². The van der Waals surface area contributed by atoms with E-state index in [1.54, 1.807) is 12.1 Å². The van der Waals surface area contributed by atoms with Gasteiger partial charge in [0.05, 0.1) is 0 Å². The number of hydrogen-bond acceptors (Lipinski definition) is 2. The Bertz CT molecular complexity index is 308. The summed E-state index contributed by atoms with van der Waals surface area (Å²) >= 11 is 5.72. The van der Waals surface area contributed by atoms with Crippen LogP contribution in [0.1, 0.15) is 18.4 Å². The Morgan fingerprint density at radius 2 is 2.00 bits per heavy atom. The van der Waals surface area contributed by atoms with Gasteiger partial charge in [0.25, 0.3) is 0 Å². The minimum Gasteiger partial charge on any atom is -0.409 e. The van der Waals surface area contributed by atoms with Gasteiger partial charge in [-0.15, -0.1) is 0 Å². The summed E-state index contributed by atoms with van der Waals surface area (Å²) in [6.07, 6.45) is 0. The normalized spacial score (nSPS) is 14.2. The Hall–Kier alpha value is -1.22. The summed E-state index contributed by atoms with van der Waals surface area (Å²) in [4.78, 5) is 0. The smallest absolute Gasteiger partial charge is 0.146 e. The van der Waals surface area contributed by atoms with Crippen LogP contribution in [0.5, 0.6) is 0 Å². The van der Waals surface area contributed by atoms with Crippen LogP contribution < -0.4 is 5.73 Å². The topological polar surface area (TPSA) is 58.6 Å². The van der Waals surface area contributed by atoms with Crippen molar-refractivity contribution in [3.05, 3.63) is 34.9 Å². The summed E-state index contributed by atoms with van der Waals surface area (Å²) in [5.41, 5.74) is 6.43. The number of hydrogen-bond donors (Lipinski definition) is 2. The van der Waals surface area contributed by atoms with Crippen molar-refractivity contribution in [3.8, 4) is 0 Å². The first-order chi connectivity index (χ1) is 6.15. The number of benzene rings is 1. The lowest BCUT2D eigenvalue weighted by Crippen LogP contribution is -2.19. The van der Waals surface area contributed by atoms with E-state index in [9.17, 15) is 0 Å². The van der Waals surface area contributed by atoms with Crippen molar-refractivity contribution in [2.75, 3.05) is 0 Å². The molecule has 4 heteroatoms. The molecule has 0 heterocycles. The van der Waals surface area contributed by atoms with Crippen molar-refractivity contribution in [1.82, 2.24) is 0 Å². The molecule has 70 valence electrons. The van der Waals surface area contributed by atoms with Crippen molar-refractivity contribution in [3.63, 3.8) is 0 Å². The molecule has 3 N–H and O–H groups in total. The maximum absolute atomic E-state index is 8.46. The van der Waals surface area contributed by atoms with Gasteiger partial charge < -0.3 is 10.9 Å². The molecule has 1 aromatic carbocycles. The van der Waals surface area contributed by atoms with E-state index in [4.69, 9.17) is 22.5 Å². The highest BCUT2D eigenvalue weighted by Gasteiger charge is 2.09. The molecule has 0 amide bonds. The largest absolute Gasteiger partial charge is 0.409 e. The molecule has 1 aromatic rings. The number of nitrogens with two attached hydrogens (primary N) is 1. The number of amidine groups is 1. The van der Waals surface area contributed by atoms with Gasteiger partial charge in [-0.1, -0.05) is 35.8 Å². The first-order valence-electron chi connectivity index (χ1n) is 3.88. The first kappa shape index (κ1) is 9.86. The van der Waals surface area contributed by atoms with Crippen LogP contribution in [0, 0.1) is 0 Å². The summed E-state index contributed by atoms with van der Waals surface area (Å²) in [5.74, 6) is 0.101. The van der Waals surface area contributed by atoms with E-state index in [0.29, 0.717) is 5.02 Å². The maximum atomic E-state index is 8.46. The highest BCUT2D eigenvalue weighted by molar-refractivity contribution is 6.30. The molecule has 1 unspecified atom stereocenters. The van der Waals surface area contributed by atoms with Gasteiger partial charge >= 0.3 is 0 Å². The Morgan fingerprint density at radius 3 is 2.46 bits per heavy atom. The van der Waals surface area contributed by atoms with Gasteiger partial charge in [-0.3, -0.25) is 0 Å². The minimum atomic E-state index is -0.0951. The summed E-state index contributed by atoms with van der Waals surface area (Å²) < 4.78 is 0. The van der Waals surface area contributed by atoms with Crippen molar-refractivity contribution in [1.29, 1.82) is 0 Å². The first-order valence-corrected chi connectivity index (χ1v) is 4.26. The second-order valence-corrected chi connectivity index (χ2v) is 3.23. The van der Waals surface area contributed by atoms with Gasteiger partial charge in [0.2, 0.25) is 0 Å². The second kappa shape index (κ2) is 4.14. The zero-order chi connectivity index (χ0) is 9.84. The summed E-state index contributed by atoms with van der Waals surface area (Å²) in [7, 11) is 0. The minimum absolute atomic E-state index is 0.0951. The summed E-state index contributed by atoms with van der Waals surface area (Å²) in [6.45, 7) is 1.86. The van der Waals surface area contributed by atoms with Crippen LogP contribution in [0.25, 0.3) is 0 Å². The molecular formula is C9H11ClN2O. The van der Waals surface area contributed by atoms with Gasteiger partial charge in [0.1, 0.15) is 5.84 Å². The fourth-order valence-electron chi connectivity index (χ4n) is 1.01. The molecule has 3 nitrogen and oxygen atoms in total. The van der Waals surface area contributed by atoms with Crippen LogP contribution >= 0.6 is 11.6 Å². The lowest BCUT2D eigenvalue weighted by atomic mass is 10.0. The van der Waals surface area contributed by atoms with E-state index in [2.05, 4.69) is 5.16 Å². The number of oxime groups is 1. The number of halogens is 1. The average Bonchev–Trinajstić information content (AvgIpc) is 2.17. The highest BCUT2D eigenvalue weighted by atomic mass is 35.5. The Morgan fingerprint density at radius 1 is 1.46 bits per heavy atom. The van der Waals surface area contributed by atoms with Gasteiger partial charge in [-0.25, -0.2) is 0 Å². The van der Waals surface area contributed by atoms with E-state index in [1.165, 1.54) is 0 Å². The molecule has 0 saturated carbocycles. The number of rotatable bonds is 2. The molecule has 0 spiro atoms. The van der Waals surface area contributed by atoms with Crippen molar-refractivity contribution in [2.24, 2.45) is 10.9 Å². The molecular weight excluding hydrogens is 188 g/mol. The molecule has 0 saturated heterocycles. The zero-order valence-corrected chi connectivity index (χ0v) is 7.99. The van der Waals surface area contributed by atoms with Gasteiger partial charge in [0.15, 0.2) is 0 Å². The second-order valence-electron chi connectivity index (χ2n) is 2.80. The molecule has 0 aliphatic rings. The Kier molecular flexibility index (Phi) is 3.14. The fourth-order valence-corrected chi connectivity index (χ4v) is 1.13. The molecule has 1 rings (SSSR count). The summed E-state index contributed by atoms with van der Waals surface area (Å²) in [5, 5.41) is 12.1. The molecule has 0 aliphatic carbocycles. The van der Waals surface area contributed by atoms with Gasteiger partial charge in [0, 0.05) is 10.9 Å². The van der Waals surface area contributed by atoms with E-state index in [1.807, 2.05) is 19.1 Å². The third kappa shape index (κ3) is 2.36. The van der Waals surface area contributed by atoms with E-state index < -0.39 is 0 Å². The monoisotopic (exact) mass is 198 g/mol. The lowest BCUT2D eigenvalue weighted by Gasteiger charge is -2.09. The average molecular weight is 199 g/mol. The third-order valence-corrected chi connectivity index (χ3v) is 2.18. The SMILES string of the molecule is CC(C(N)=NO)c1ccc(Cl)cc1. The lowest BCUT2D eigenvalue weighted by molar-refractivity contribution is 0.316. The maximum Gasteiger partial charge on any atom is 0.146 e. The molecule has 0 radical (unpaired) electrons. The van der Waals surface area contributed by atoms with Crippen molar-refractivity contribution in [2.45, 2.75) is 12.8 Å². The molecule has 1 atom stereocenters. The van der Waals surface area contributed by atoms with Crippen LogP contribution in [0.15, 0.2) is 29.4 Å². The summed E-state index contributed by atoms with van der Waals surface area (Å²) in [6, 6.07) is 7.26. The van der Waals surface area contributed by atoms with Crippen molar-refractivity contribution >= 4 is 17.4 Å². The number of nitrogens with zero attached hydrogens (tertiary/aromatic N) is 1. The third-order valence-electron chi connectivity index (χ3n) is 1.93. The Balaban J connectivity index is 2.89. The predicted octanol–water partition coefficient (Wildman–Crippen LogP) is 2.19. The van der Waals surface area contributed by atoms with Crippen LogP contribution in [-0.2, 0) is 0 Å². The van der Waals surface area contributed by atoms with E-state index in [0.717, 1.165) is 5.56 Å². The quantitative estimate of drug-likeness (QED) is 0.331. The van der Waals surface area contributed by atoms with E-state index >= 15 is 0 Å². The Labute approximate surface area is 81.8 Å². The molecule has 13 heavy (non-hydrogen) atoms.